The van der Waals surface area contributed by atoms with E-state index in [1.54, 1.807) is 10.9 Å². The number of hydrogen-bond acceptors (Lipinski definition) is 5. The number of fused-ring (bicyclic) bond motifs is 1. The zero-order valence-corrected chi connectivity index (χ0v) is 15.1. The number of thiophene rings is 1. The van der Waals surface area contributed by atoms with Crippen LogP contribution < -0.4 is 0 Å². The third-order valence-electron chi connectivity index (χ3n) is 4.85. The van der Waals surface area contributed by atoms with Gasteiger partial charge < -0.3 is 5.11 Å². The van der Waals surface area contributed by atoms with Gasteiger partial charge in [0.2, 0.25) is 0 Å². The molecular weight excluding hydrogens is 332 g/mol. The van der Waals surface area contributed by atoms with Crippen molar-refractivity contribution in [3.63, 3.8) is 0 Å². The normalized spacial score (nSPS) is 18.0. The lowest BCUT2D eigenvalue weighted by atomic mass is 10.1. The van der Waals surface area contributed by atoms with Crippen LogP contribution in [0.25, 0.3) is 10.1 Å². The molecule has 1 N–H and O–H groups in total. The van der Waals surface area contributed by atoms with Crippen molar-refractivity contribution < 1.29 is 5.11 Å². The van der Waals surface area contributed by atoms with Crippen LogP contribution >= 0.6 is 11.3 Å². The molecule has 4 rings (SSSR count). The van der Waals surface area contributed by atoms with E-state index in [2.05, 4.69) is 44.5 Å². The number of aromatic nitrogens is 2. The molecule has 0 amide bonds. The number of rotatable bonds is 6. The zero-order chi connectivity index (χ0) is 17.1. The highest BCUT2D eigenvalue weighted by atomic mass is 32.1. The van der Waals surface area contributed by atoms with Crippen molar-refractivity contribution in [3.8, 4) is 0 Å². The third kappa shape index (κ3) is 4.10. The van der Waals surface area contributed by atoms with E-state index < -0.39 is 0 Å². The van der Waals surface area contributed by atoms with E-state index in [4.69, 9.17) is 0 Å². The van der Waals surface area contributed by atoms with Crippen molar-refractivity contribution >= 4 is 21.4 Å². The number of piperazine rings is 1. The molecule has 0 bridgehead atoms. The van der Waals surface area contributed by atoms with Crippen molar-refractivity contribution in [1.29, 1.82) is 0 Å². The highest BCUT2D eigenvalue weighted by Crippen LogP contribution is 2.26. The molecule has 132 valence electrons. The van der Waals surface area contributed by atoms with Gasteiger partial charge in [0, 0.05) is 56.4 Å². The van der Waals surface area contributed by atoms with Gasteiger partial charge in [-0.15, -0.1) is 11.3 Å². The maximum Gasteiger partial charge on any atom is 0.0862 e. The van der Waals surface area contributed by atoms with Crippen LogP contribution in [0.3, 0.4) is 0 Å². The lowest BCUT2D eigenvalue weighted by Crippen LogP contribution is -2.48. The lowest BCUT2D eigenvalue weighted by Gasteiger charge is -2.35. The summed E-state index contributed by atoms with van der Waals surface area (Å²) < 4.78 is 3.17. The van der Waals surface area contributed by atoms with E-state index in [9.17, 15) is 5.11 Å². The van der Waals surface area contributed by atoms with Gasteiger partial charge in [-0.05, 0) is 28.5 Å². The number of aliphatic hydroxyl groups excluding tert-OH is 1. The average Bonchev–Trinajstić information content (AvgIpc) is 3.27. The average molecular weight is 356 g/mol. The maximum absolute atomic E-state index is 10.3. The Kier molecular flexibility index (Phi) is 5.12. The molecule has 1 saturated heterocycles. The summed E-state index contributed by atoms with van der Waals surface area (Å²) in [6.07, 6.45) is 3.28. The van der Waals surface area contributed by atoms with Gasteiger partial charge in [-0.1, -0.05) is 18.2 Å². The molecule has 0 spiro atoms. The number of hydrogen-bond donors (Lipinski definition) is 1. The first-order valence-corrected chi connectivity index (χ1v) is 9.71. The standard InChI is InChI=1S/C19H24N4OS/c24-17(14-23-7-3-6-20-23)13-22-10-8-21(9-11-22)12-16-15-25-19-5-2-1-4-18(16)19/h1-7,15,17,24H,8-14H2/t17-/m0/s1. The van der Waals surface area contributed by atoms with Crippen LogP contribution in [0.4, 0.5) is 0 Å². The molecule has 0 aliphatic carbocycles. The van der Waals surface area contributed by atoms with Gasteiger partial charge in [0.05, 0.1) is 12.6 Å². The minimum atomic E-state index is -0.368. The van der Waals surface area contributed by atoms with E-state index >= 15 is 0 Å². The summed E-state index contributed by atoms with van der Waals surface area (Å²) >= 11 is 1.83. The Bertz CT molecular complexity index is 793. The quantitative estimate of drug-likeness (QED) is 0.736. The number of β-amino-alcohol motifs (C(OH)–C–C–N with tert-alkyl or cyclic N) is 1. The monoisotopic (exact) mass is 356 g/mol. The molecule has 25 heavy (non-hydrogen) atoms. The van der Waals surface area contributed by atoms with Gasteiger partial charge in [0.15, 0.2) is 0 Å². The summed E-state index contributed by atoms with van der Waals surface area (Å²) in [5, 5.41) is 18.1. The van der Waals surface area contributed by atoms with Crippen molar-refractivity contribution in [1.82, 2.24) is 19.6 Å². The molecule has 3 aromatic rings. The Morgan fingerprint density at radius 2 is 1.84 bits per heavy atom. The summed E-state index contributed by atoms with van der Waals surface area (Å²) in [5.74, 6) is 0. The molecule has 0 saturated carbocycles. The Labute approximate surface area is 152 Å². The Morgan fingerprint density at radius 1 is 1.04 bits per heavy atom. The highest BCUT2D eigenvalue weighted by molar-refractivity contribution is 7.17. The SMILES string of the molecule is O[C@@H](CN1CCN(Cc2csc3ccccc23)CC1)Cn1cccn1. The fourth-order valence-electron chi connectivity index (χ4n) is 3.51. The van der Waals surface area contributed by atoms with Crippen LogP contribution in [-0.2, 0) is 13.1 Å². The topological polar surface area (TPSA) is 44.5 Å². The summed E-state index contributed by atoms with van der Waals surface area (Å²) in [4.78, 5) is 4.88. The van der Waals surface area contributed by atoms with Crippen LogP contribution in [0.15, 0.2) is 48.1 Å². The predicted molar refractivity (Wildman–Crippen MR) is 102 cm³/mol. The second kappa shape index (κ2) is 7.66. The van der Waals surface area contributed by atoms with Gasteiger partial charge in [0.1, 0.15) is 0 Å². The van der Waals surface area contributed by atoms with Gasteiger partial charge >= 0.3 is 0 Å². The Hall–Kier alpha value is -1.73. The maximum atomic E-state index is 10.3. The molecule has 3 heterocycles. The van der Waals surface area contributed by atoms with E-state index in [1.165, 1.54) is 15.6 Å². The van der Waals surface area contributed by atoms with Gasteiger partial charge in [0.25, 0.3) is 0 Å². The first-order chi connectivity index (χ1) is 12.3. The first kappa shape index (κ1) is 16.7. The van der Waals surface area contributed by atoms with Crippen LogP contribution in [0, 0.1) is 0 Å². The molecule has 1 aliphatic rings. The van der Waals surface area contributed by atoms with E-state index in [1.807, 2.05) is 23.6 Å². The van der Waals surface area contributed by atoms with Crippen molar-refractivity contribution in [2.24, 2.45) is 0 Å². The smallest absolute Gasteiger partial charge is 0.0862 e. The van der Waals surface area contributed by atoms with Gasteiger partial charge in [-0.25, -0.2) is 0 Å². The summed E-state index contributed by atoms with van der Waals surface area (Å²) in [6, 6.07) is 10.5. The Balaban J connectivity index is 1.27. The van der Waals surface area contributed by atoms with Crippen LogP contribution in [0.1, 0.15) is 5.56 Å². The molecule has 0 radical (unpaired) electrons. The lowest BCUT2D eigenvalue weighted by molar-refractivity contribution is 0.0607. The molecule has 1 aliphatic heterocycles. The fourth-order valence-corrected chi connectivity index (χ4v) is 4.46. The van der Waals surface area contributed by atoms with Gasteiger partial charge in [-0.3, -0.25) is 14.5 Å². The molecule has 1 aromatic carbocycles. The summed E-state index contributed by atoms with van der Waals surface area (Å²) in [5.41, 5.74) is 1.44. The van der Waals surface area contributed by atoms with E-state index in [0.717, 1.165) is 39.3 Å². The number of nitrogens with zero attached hydrogens (tertiary/aromatic N) is 4. The number of aliphatic hydroxyl groups is 1. The van der Waals surface area contributed by atoms with Crippen LogP contribution in [-0.4, -0.2) is 63.5 Å². The Morgan fingerprint density at radius 3 is 2.64 bits per heavy atom. The third-order valence-corrected chi connectivity index (χ3v) is 5.86. The molecule has 1 atom stereocenters. The molecule has 1 fully saturated rings. The molecule has 5 nitrogen and oxygen atoms in total. The number of benzene rings is 1. The van der Waals surface area contributed by atoms with Gasteiger partial charge in [-0.2, -0.15) is 5.10 Å². The van der Waals surface area contributed by atoms with Crippen molar-refractivity contribution in [2.75, 3.05) is 32.7 Å². The van der Waals surface area contributed by atoms with Crippen molar-refractivity contribution in [3.05, 3.63) is 53.7 Å². The van der Waals surface area contributed by atoms with Crippen LogP contribution in [0.5, 0.6) is 0 Å². The zero-order valence-electron chi connectivity index (χ0n) is 14.3. The molecular formula is C19H24N4OS. The summed E-state index contributed by atoms with van der Waals surface area (Å²) in [6.45, 7) is 6.44. The second-order valence-electron chi connectivity index (χ2n) is 6.72. The first-order valence-electron chi connectivity index (χ1n) is 8.83. The van der Waals surface area contributed by atoms with E-state index in [-0.39, 0.29) is 6.10 Å². The minimum Gasteiger partial charge on any atom is -0.390 e. The second-order valence-corrected chi connectivity index (χ2v) is 7.63. The largest absolute Gasteiger partial charge is 0.390 e. The highest BCUT2D eigenvalue weighted by Gasteiger charge is 2.20. The molecule has 0 unspecified atom stereocenters. The van der Waals surface area contributed by atoms with Crippen molar-refractivity contribution in [2.45, 2.75) is 19.2 Å². The summed E-state index contributed by atoms with van der Waals surface area (Å²) in [7, 11) is 0. The predicted octanol–water partition coefficient (Wildman–Crippen LogP) is 2.28. The minimum absolute atomic E-state index is 0.368. The molecule has 6 heteroatoms. The molecule has 2 aromatic heterocycles. The van der Waals surface area contributed by atoms with E-state index in [0.29, 0.717) is 6.54 Å². The fraction of sp³-hybridized carbons (Fsp3) is 0.421. The van der Waals surface area contributed by atoms with Crippen LogP contribution in [0.2, 0.25) is 0 Å².